The van der Waals surface area contributed by atoms with Crippen molar-refractivity contribution in [2.75, 3.05) is 12.6 Å². The maximum atomic E-state index is 11.9. The molecule has 0 saturated carbocycles. The Morgan fingerprint density at radius 1 is 1.44 bits per heavy atom. The fourth-order valence-corrected chi connectivity index (χ4v) is 2.24. The average Bonchev–Trinajstić information content (AvgIpc) is 2.40. The van der Waals surface area contributed by atoms with Crippen molar-refractivity contribution in [3.63, 3.8) is 0 Å². The number of hydrogen-bond donors (Lipinski definition) is 0. The van der Waals surface area contributed by atoms with Gasteiger partial charge in [-0.15, -0.1) is 11.6 Å². The molecule has 1 amide bonds. The highest BCUT2D eigenvalue weighted by Crippen LogP contribution is 2.27. The topological polar surface area (TPSA) is 29.5 Å². The molecule has 4 heteroatoms. The predicted octanol–water partition coefficient (Wildman–Crippen LogP) is 3.67. The molecule has 1 aliphatic rings. The molecule has 18 heavy (non-hydrogen) atoms. The quantitative estimate of drug-likeness (QED) is 0.546. The maximum Gasteiger partial charge on any atom is 0.243 e. The third-order valence-electron chi connectivity index (χ3n) is 3.51. The number of carbonyl (C=O) groups excluding carboxylic acids is 1. The van der Waals surface area contributed by atoms with E-state index in [0.717, 1.165) is 31.4 Å². The summed E-state index contributed by atoms with van der Waals surface area (Å²) in [6, 6.07) is 0. The van der Waals surface area contributed by atoms with Gasteiger partial charge in [0.1, 0.15) is 12.6 Å². The second-order valence-corrected chi connectivity index (χ2v) is 5.17. The Morgan fingerprint density at radius 3 is 2.67 bits per heavy atom. The van der Waals surface area contributed by atoms with Crippen LogP contribution in [0.15, 0.2) is 11.3 Å². The zero-order chi connectivity index (χ0) is 13.5. The molecule has 0 spiro atoms. The van der Waals surface area contributed by atoms with Gasteiger partial charge in [0.05, 0.1) is 6.10 Å². The molecule has 0 bridgehead atoms. The zero-order valence-electron chi connectivity index (χ0n) is 11.7. The lowest BCUT2D eigenvalue weighted by atomic mass is 9.97. The minimum atomic E-state index is -0.0591. The minimum absolute atomic E-state index is 0.0145. The number of rotatable bonds is 6. The smallest absolute Gasteiger partial charge is 0.243 e. The number of carbonyl (C=O) groups is 1. The number of allylic oxidation sites excluding steroid dienone is 2. The molecule has 0 saturated heterocycles. The van der Waals surface area contributed by atoms with Crippen LogP contribution in [-0.4, -0.2) is 29.5 Å². The molecule has 1 rings (SSSR count). The number of nitrogens with zero attached hydrogens (tertiary/aromatic N) is 1. The molecule has 0 heterocycles. The van der Waals surface area contributed by atoms with Gasteiger partial charge in [-0.1, -0.05) is 12.5 Å². The lowest BCUT2D eigenvalue weighted by molar-refractivity contribution is -0.133. The molecular weight excluding hydrogens is 250 g/mol. The van der Waals surface area contributed by atoms with E-state index < -0.39 is 0 Å². The third kappa shape index (κ3) is 4.29. The highest BCUT2D eigenvalue weighted by Gasteiger charge is 2.21. The largest absolute Gasteiger partial charge is 0.358 e. The molecule has 0 N–H and O–H groups in total. The predicted molar refractivity (Wildman–Crippen MR) is 74.4 cm³/mol. The number of amides is 1. The van der Waals surface area contributed by atoms with Crippen LogP contribution in [0, 0.1) is 0 Å². The number of alkyl halides is 1. The zero-order valence-corrected chi connectivity index (χ0v) is 12.4. The van der Waals surface area contributed by atoms with Gasteiger partial charge in [0.2, 0.25) is 5.91 Å². The summed E-state index contributed by atoms with van der Waals surface area (Å²) < 4.78 is 5.69. The number of ether oxygens (including phenoxy) is 1. The van der Waals surface area contributed by atoms with E-state index in [9.17, 15) is 4.79 Å². The lowest BCUT2D eigenvalue weighted by Gasteiger charge is -2.30. The summed E-state index contributed by atoms with van der Waals surface area (Å²) in [6.45, 7) is 6.52. The molecular formula is C14H24ClNO2. The molecule has 1 unspecified atom stereocenters. The summed E-state index contributed by atoms with van der Waals surface area (Å²) in [5, 5.41) is 0. The Kier molecular flexibility index (Phi) is 6.72. The van der Waals surface area contributed by atoms with E-state index in [1.54, 1.807) is 4.90 Å². The minimum Gasteiger partial charge on any atom is -0.358 e. The van der Waals surface area contributed by atoms with Crippen LogP contribution in [-0.2, 0) is 9.53 Å². The molecule has 0 aromatic carbocycles. The van der Waals surface area contributed by atoms with E-state index in [0.29, 0.717) is 6.73 Å². The van der Waals surface area contributed by atoms with Crippen LogP contribution in [0.2, 0.25) is 0 Å². The van der Waals surface area contributed by atoms with Crippen LogP contribution in [0.4, 0.5) is 0 Å². The summed E-state index contributed by atoms with van der Waals surface area (Å²) in [5.74, 6) is -0.0445. The van der Waals surface area contributed by atoms with Gasteiger partial charge in [-0.05, 0) is 46.0 Å². The van der Waals surface area contributed by atoms with Crippen LogP contribution < -0.4 is 0 Å². The van der Waals surface area contributed by atoms with Crippen molar-refractivity contribution in [1.29, 1.82) is 0 Å². The van der Waals surface area contributed by atoms with Crippen molar-refractivity contribution < 1.29 is 9.53 Å². The number of hydrogen-bond acceptors (Lipinski definition) is 2. The highest BCUT2D eigenvalue weighted by atomic mass is 35.5. The van der Waals surface area contributed by atoms with E-state index in [1.165, 1.54) is 12.0 Å². The standard InChI is InChI=1S/C14H24ClNO2/c1-4-12(3)18-10-16(14(17)9-15)13-8-6-5-7-11(13)2/h12H,4-10H2,1-3H3. The lowest BCUT2D eigenvalue weighted by Crippen LogP contribution is -2.36. The first-order valence-corrected chi connectivity index (χ1v) is 7.30. The van der Waals surface area contributed by atoms with Crippen LogP contribution in [0.5, 0.6) is 0 Å². The van der Waals surface area contributed by atoms with Crippen molar-refractivity contribution in [3.8, 4) is 0 Å². The van der Waals surface area contributed by atoms with E-state index in [-0.39, 0.29) is 17.9 Å². The van der Waals surface area contributed by atoms with E-state index in [4.69, 9.17) is 16.3 Å². The van der Waals surface area contributed by atoms with E-state index in [2.05, 4.69) is 13.8 Å². The Balaban J connectivity index is 2.74. The van der Waals surface area contributed by atoms with Crippen LogP contribution in [0.3, 0.4) is 0 Å². The fraction of sp³-hybridized carbons (Fsp3) is 0.786. The molecule has 1 atom stereocenters. The van der Waals surface area contributed by atoms with Crippen molar-refractivity contribution >= 4 is 17.5 Å². The van der Waals surface area contributed by atoms with Gasteiger partial charge in [0.25, 0.3) is 0 Å². The Labute approximate surface area is 115 Å². The highest BCUT2D eigenvalue weighted by molar-refractivity contribution is 6.27. The molecule has 1 aliphatic carbocycles. The van der Waals surface area contributed by atoms with Gasteiger partial charge in [0, 0.05) is 5.70 Å². The molecule has 0 aromatic heterocycles. The summed E-state index contributed by atoms with van der Waals surface area (Å²) in [5.41, 5.74) is 2.42. The monoisotopic (exact) mass is 273 g/mol. The van der Waals surface area contributed by atoms with Crippen molar-refractivity contribution in [2.45, 2.75) is 59.0 Å². The second-order valence-electron chi connectivity index (χ2n) is 4.90. The van der Waals surface area contributed by atoms with Gasteiger partial charge >= 0.3 is 0 Å². The second kappa shape index (κ2) is 7.80. The molecule has 0 aromatic rings. The Morgan fingerprint density at radius 2 is 2.11 bits per heavy atom. The molecule has 0 radical (unpaired) electrons. The fourth-order valence-electron chi connectivity index (χ4n) is 2.10. The van der Waals surface area contributed by atoms with Crippen molar-refractivity contribution in [1.82, 2.24) is 4.90 Å². The molecule has 104 valence electrons. The van der Waals surface area contributed by atoms with Gasteiger partial charge in [-0.2, -0.15) is 0 Å². The first kappa shape index (κ1) is 15.5. The first-order valence-electron chi connectivity index (χ1n) is 6.76. The first-order chi connectivity index (χ1) is 8.60. The van der Waals surface area contributed by atoms with E-state index in [1.807, 2.05) is 6.92 Å². The van der Waals surface area contributed by atoms with Crippen molar-refractivity contribution in [3.05, 3.63) is 11.3 Å². The Hall–Kier alpha value is -0.540. The normalized spacial score (nSPS) is 17.8. The maximum absolute atomic E-state index is 11.9. The van der Waals surface area contributed by atoms with Crippen LogP contribution in [0.1, 0.15) is 52.9 Å². The van der Waals surface area contributed by atoms with Gasteiger partial charge in [-0.25, -0.2) is 0 Å². The summed E-state index contributed by atoms with van der Waals surface area (Å²) in [7, 11) is 0. The molecule has 3 nitrogen and oxygen atoms in total. The van der Waals surface area contributed by atoms with Crippen LogP contribution in [0.25, 0.3) is 0 Å². The molecule has 0 aliphatic heterocycles. The summed E-state index contributed by atoms with van der Waals surface area (Å²) >= 11 is 5.69. The van der Waals surface area contributed by atoms with Crippen molar-refractivity contribution in [2.24, 2.45) is 0 Å². The van der Waals surface area contributed by atoms with Crippen LogP contribution >= 0.6 is 11.6 Å². The average molecular weight is 274 g/mol. The summed E-state index contributed by atoms with van der Waals surface area (Å²) in [6.07, 6.45) is 5.50. The van der Waals surface area contributed by atoms with Gasteiger partial charge in [0.15, 0.2) is 0 Å². The number of halogens is 1. The van der Waals surface area contributed by atoms with E-state index >= 15 is 0 Å². The van der Waals surface area contributed by atoms with Gasteiger partial charge < -0.3 is 4.74 Å². The summed E-state index contributed by atoms with van der Waals surface area (Å²) in [4.78, 5) is 13.7. The SMILES string of the molecule is CCC(C)OCN(C(=O)CCl)C1=C(C)CCCC1. The third-order valence-corrected chi connectivity index (χ3v) is 3.74. The molecule has 0 fully saturated rings. The Bertz CT molecular complexity index is 315. The van der Waals surface area contributed by atoms with Gasteiger partial charge in [-0.3, -0.25) is 9.69 Å².